The lowest BCUT2D eigenvalue weighted by atomic mass is 9.96. The number of ether oxygens (including phenoxy) is 2. The van der Waals surface area contributed by atoms with Gasteiger partial charge in [0.15, 0.2) is 17.5 Å². The molecule has 3 rings (SSSR count). The number of allylic oxidation sites excluding steroid dienone is 3. The van der Waals surface area contributed by atoms with Crippen LogP contribution in [0.3, 0.4) is 0 Å². The molecule has 27 heavy (non-hydrogen) atoms. The van der Waals surface area contributed by atoms with Gasteiger partial charge in [0.25, 0.3) is 0 Å². The van der Waals surface area contributed by atoms with Gasteiger partial charge in [-0.15, -0.1) is 0 Å². The van der Waals surface area contributed by atoms with Gasteiger partial charge in [-0.1, -0.05) is 48.5 Å². The van der Waals surface area contributed by atoms with Crippen LogP contribution < -0.4 is 4.74 Å². The summed E-state index contributed by atoms with van der Waals surface area (Å²) in [5.74, 6) is -2.50. The zero-order valence-electron chi connectivity index (χ0n) is 14.8. The Labute approximate surface area is 156 Å². The fourth-order valence-electron chi connectivity index (χ4n) is 2.59. The van der Waals surface area contributed by atoms with Crippen LogP contribution in [0.25, 0.3) is 6.08 Å². The van der Waals surface area contributed by atoms with Crippen molar-refractivity contribution < 1.29 is 23.9 Å². The van der Waals surface area contributed by atoms with Crippen molar-refractivity contribution in [3.05, 3.63) is 83.6 Å². The van der Waals surface area contributed by atoms with Gasteiger partial charge in [0, 0.05) is 6.08 Å². The van der Waals surface area contributed by atoms with Crippen LogP contribution in [0.5, 0.6) is 5.75 Å². The first-order chi connectivity index (χ1) is 13.0. The molecule has 5 nitrogen and oxygen atoms in total. The van der Waals surface area contributed by atoms with E-state index >= 15 is 0 Å². The first-order valence-electron chi connectivity index (χ1n) is 8.45. The van der Waals surface area contributed by atoms with Crippen molar-refractivity contribution in [2.75, 3.05) is 0 Å². The predicted molar refractivity (Wildman–Crippen MR) is 99.6 cm³/mol. The average Bonchev–Trinajstić information content (AvgIpc) is 2.65. The molecule has 5 heteroatoms. The van der Waals surface area contributed by atoms with Gasteiger partial charge in [0.05, 0.1) is 0 Å². The van der Waals surface area contributed by atoms with Crippen LogP contribution in [0.1, 0.15) is 18.1 Å². The monoisotopic (exact) mass is 362 g/mol. The summed E-state index contributed by atoms with van der Waals surface area (Å²) < 4.78 is 10.6. The van der Waals surface area contributed by atoms with Gasteiger partial charge in [-0.25, -0.2) is 0 Å². The Morgan fingerprint density at radius 2 is 1.78 bits per heavy atom. The minimum atomic E-state index is -1.42. The molecule has 1 aliphatic heterocycles. The number of carbonyl (C=O) groups excluding carboxylic acids is 3. The van der Waals surface area contributed by atoms with E-state index in [1.807, 2.05) is 30.3 Å². The Kier molecular flexibility index (Phi) is 5.61. The summed E-state index contributed by atoms with van der Waals surface area (Å²) in [5, 5.41) is 0. The molecule has 1 unspecified atom stereocenters. The molecule has 2 aromatic rings. The predicted octanol–water partition coefficient (Wildman–Crippen LogP) is 3.49. The molecular weight excluding hydrogens is 344 g/mol. The summed E-state index contributed by atoms with van der Waals surface area (Å²) in [5.41, 5.74) is 1.82. The summed E-state index contributed by atoms with van der Waals surface area (Å²) in [4.78, 5) is 35.8. The van der Waals surface area contributed by atoms with E-state index in [1.54, 1.807) is 30.3 Å². The van der Waals surface area contributed by atoms with E-state index in [9.17, 15) is 14.4 Å². The fraction of sp³-hybridized carbons (Fsp3) is 0.136. The van der Waals surface area contributed by atoms with Gasteiger partial charge in [0.1, 0.15) is 18.1 Å². The highest BCUT2D eigenvalue weighted by Gasteiger charge is 2.36. The summed E-state index contributed by atoms with van der Waals surface area (Å²) in [6, 6.07) is 17.0. The summed E-state index contributed by atoms with van der Waals surface area (Å²) in [6.07, 6.45) is 3.93. The number of hydrogen-bond donors (Lipinski definition) is 0. The normalized spacial score (nSPS) is 16.8. The molecule has 0 fully saturated rings. The van der Waals surface area contributed by atoms with E-state index in [2.05, 4.69) is 0 Å². The molecule has 0 bridgehead atoms. The smallest absolute Gasteiger partial charge is 0.329 e. The Morgan fingerprint density at radius 1 is 1.07 bits per heavy atom. The van der Waals surface area contributed by atoms with E-state index in [-0.39, 0.29) is 5.76 Å². The minimum Gasteiger partial charge on any atom is -0.489 e. The van der Waals surface area contributed by atoms with Crippen LogP contribution in [0.15, 0.2) is 72.5 Å². The topological polar surface area (TPSA) is 69.7 Å². The zero-order valence-corrected chi connectivity index (χ0v) is 14.8. The summed E-state index contributed by atoms with van der Waals surface area (Å²) in [6.45, 7) is 1.96. The molecule has 0 saturated carbocycles. The van der Waals surface area contributed by atoms with Crippen LogP contribution in [-0.2, 0) is 25.7 Å². The SMILES string of the molecule is CC1=CC(=O)C(C(=O)/C=C/c2ccc(OCc3ccccc3)cc2)C(=O)O1. The standard InChI is InChI=1S/C22H18O5/c1-15-13-20(24)21(22(25)27-15)19(23)12-9-16-7-10-18(11-8-16)26-14-17-5-3-2-4-6-17/h2-13,21H,14H2,1H3/b12-9+. The van der Waals surface area contributed by atoms with Gasteiger partial charge in [0.2, 0.25) is 0 Å². The highest BCUT2D eigenvalue weighted by atomic mass is 16.5. The number of cyclic esters (lactones) is 1. The summed E-state index contributed by atoms with van der Waals surface area (Å²) in [7, 11) is 0. The largest absolute Gasteiger partial charge is 0.489 e. The van der Waals surface area contributed by atoms with E-state index < -0.39 is 23.5 Å². The van der Waals surface area contributed by atoms with Crippen molar-refractivity contribution in [2.45, 2.75) is 13.5 Å². The third-order valence-corrected chi connectivity index (χ3v) is 3.98. The maximum absolute atomic E-state index is 12.2. The molecule has 0 aliphatic carbocycles. The Morgan fingerprint density at radius 3 is 2.44 bits per heavy atom. The molecular formula is C22H18O5. The second kappa shape index (κ2) is 8.27. The minimum absolute atomic E-state index is 0.198. The molecule has 0 amide bonds. The maximum Gasteiger partial charge on any atom is 0.329 e. The molecule has 1 atom stereocenters. The van der Waals surface area contributed by atoms with Crippen molar-refractivity contribution in [3.8, 4) is 5.75 Å². The molecule has 0 aromatic heterocycles. The van der Waals surface area contributed by atoms with Crippen molar-refractivity contribution in [1.29, 1.82) is 0 Å². The lowest BCUT2D eigenvalue weighted by Crippen LogP contribution is -2.34. The molecule has 0 saturated heterocycles. The van der Waals surface area contributed by atoms with Crippen LogP contribution in [-0.4, -0.2) is 17.5 Å². The Balaban J connectivity index is 1.60. The zero-order chi connectivity index (χ0) is 19.2. The number of rotatable bonds is 6. The highest BCUT2D eigenvalue weighted by molar-refractivity contribution is 6.25. The van der Waals surface area contributed by atoms with Crippen molar-refractivity contribution in [3.63, 3.8) is 0 Å². The van der Waals surface area contributed by atoms with Crippen LogP contribution >= 0.6 is 0 Å². The summed E-state index contributed by atoms with van der Waals surface area (Å²) >= 11 is 0. The van der Waals surface area contributed by atoms with Gasteiger partial charge >= 0.3 is 5.97 Å². The number of benzene rings is 2. The van der Waals surface area contributed by atoms with Crippen LogP contribution in [0, 0.1) is 5.92 Å². The maximum atomic E-state index is 12.2. The van der Waals surface area contributed by atoms with Crippen molar-refractivity contribution in [1.82, 2.24) is 0 Å². The number of hydrogen-bond acceptors (Lipinski definition) is 5. The van der Waals surface area contributed by atoms with Gasteiger partial charge in [-0.3, -0.25) is 14.4 Å². The Bertz CT molecular complexity index is 907. The lowest BCUT2D eigenvalue weighted by molar-refractivity contribution is -0.151. The molecule has 0 spiro atoms. The van der Waals surface area contributed by atoms with E-state index in [0.717, 1.165) is 17.2 Å². The first-order valence-corrected chi connectivity index (χ1v) is 8.45. The van der Waals surface area contributed by atoms with Crippen molar-refractivity contribution >= 4 is 23.6 Å². The Hall–Kier alpha value is -3.47. The van der Waals surface area contributed by atoms with E-state index in [0.29, 0.717) is 12.4 Å². The number of esters is 1. The second-order valence-corrected chi connectivity index (χ2v) is 6.09. The van der Waals surface area contributed by atoms with Gasteiger partial charge in [-0.05, 0) is 36.3 Å². The molecule has 2 aromatic carbocycles. The van der Waals surface area contributed by atoms with Crippen molar-refractivity contribution in [2.24, 2.45) is 5.92 Å². The quantitative estimate of drug-likeness (QED) is 0.447. The molecule has 136 valence electrons. The van der Waals surface area contributed by atoms with E-state index in [1.165, 1.54) is 13.0 Å². The van der Waals surface area contributed by atoms with E-state index in [4.69, 9.17) is 9.47 Å². The highest BCUT2D eigenvalue weighted by Crippen LogP contribution is 2.18. The molecule has 1 heterocycles. The molecule has 0 radical (unpaired) electrons. The lowest BCUT2D eigenvalue weighted by Gasteiger charge is -2.15. The number of ketones is 2. The third kappa shape index (κ3) is 4.79. The van der Waals surface area contributed by atoms with Gasteiger partial charge < -0.3 is 9.47 Å². The number of carbonyl (C=O) groups is 3. The average molecular weight is 362 g/mol. The second-order valence-electron chi connectivity index (χ2n) is 6.09. The molecule has 0 N–H and O–H groups in total. The van der Waals surface area contributed by atoms with Crippen LogP contribution in [0.2, 0.25) is 0 Å². The fourth-order valence-corrected chi connectivity index (χ4v) is 2.59. The third-order valence-electron chi connectivity index (χ3n) is 3.98. The van der Waals surface area contributed by atoms with Gasteiger partial charge in [-0.2, -0.15) is 0 Å². The first kappa shape index (κ1) is 18.3. The van der Waals surface area contributed by atoms with Crippen LogP contribution in [0.4, 0.5) is 0 Å². The molecule has 1 aliphatic rings.